The molecule has 1 aliphatic heterocycles. The van der Waals surface area contributed by atoms with Gasteiger partial charge in [0.15, 0.2) is 0 Å². The van der Waals surface area contributed by atoms with Crippen molar-refractivity contribution in [3.8, 4) is 11.5 Å². The number of hydrogen-bond acceptors (Lipinski definition) is 6. The number of nitrogens with zero attached hydrogens (tertiary/aromatic N) is 1. The fourth-order valence-electron chi connectivity index (χ4n) is 3.44. The average Bonchev–Trinajstić information content (AvgIpc) is 3.10. The molecule has 6 nitrogen and oxygen atoms in total. The summed E-state index contributed by atoms with van der Waals surface area (Å²) in [5.74, 6) is 0.534. The maximum atomic E-state index is 12.9. The molecule has 2 heterocycles. The molecule has 2 aromatic carbocycles. The first kappa shape index (κ1) is 22.8. The zero-order valence-electron chi connectivity index (χ0n) is 17.2. The summed E-state index contributed by atoms with van der Waals surface area (Å²) in [6.07, 6.45) is 0.753. The number of amides is 1. The average molecular weight is 459 g/mol. The van der Waals surface area contributed by atoms with E-state index in [9.17, 15) is 9.59 Å². The molecule has 3 aromatic rings. The highest BCUT2D eigenvalue weighted by molar-refractivity contribution is 7.17. The quantitative estimate of drug-likeness (QED) is 0.545. The molecule has 162 valence electrons. The third kappa shape index (κ3) is 5.07. The van der Waals surface area contributed by atoms with Crippen molar-refractivity contribution in [3.63, 3.8) is 0 Å². The second kappa shape index (κ2) is 9.96. The predicted octanol–water partition coefficient (Wildman–Crippen LogP) is 4.99. The summed E-state index contributed by atoms with van der Waals surface area (Å²) in [6, 6.07) is 16.3. The molecule has 0 saturated heterocycles. The number of carbonyl (C=O) groups excluding carboxylic acids is 2. The predicted molar refractivity (Wildman–Crippen MR) is 124 cm³/mol. The lowest BCUT2D eigenvalue weighted by molar-refractivity contribution is 0.0600. The maximum absolute atomic E-state index is 12.9. The number of anilines is 1. The second-order valence-corrected chi connectivity index (χ2v) is 8.19. The molecule has 1 amide bonds. The summed E-state index contributed by atoms with van der Waals surface area (Å²) < 4.78 is 10.8. The van der Waals surface area contributed by atoms with Crippen LogP contribution in [0.4, 0.5) is 5.00 Å². The van der Waals surface area contributed by atoms with Crippen LogP contribution in [0.3, 0.4) is 0 Å². The van der Waals surface area contributed by atoms with Gasteiger partial charge >= 0.3 is 5.97 Å². The van der Waals surface area contributed by atoms with Crippen molar-refractivity contribution in [2.24, 2.45) is 0 Å². The Bertz CT molecular complexity index is 1080. The van der Waals surface area contributed by atoms with Crippen LogP contribution in [-0.2, 0) is 17.7 Å². The van der Waals surface area contributed by atoms with Crippen molar-refractivity contribution in [2.45, 2.75) is 13.0 Å². The van der Waals surface area contributed by atoms with Crippen LogP contribution in [0.15, 0.2) is 54.6 Å². The van der Waals surface area contributed by atoms with E-state index in [1.165, 1.54) is 18.4 Å². The van der Waals surface area contributed by atoms with Crippen molar-refractivity contribution in [3.05, 3.63) is 76.2 Å². The first-order valence-electron chi connectivity index (χ1n) is 9.61. The largest absolute Gasteiger partial charge is 0.465 e. The van der Waals surface area contributed by atoms with Gasteiger partial charge in [-0.25, -0.2) is 4.79 Å². The summed E-state index contributed by atoms with van der Waals surface area (Å²) in [7, 11) is 3.40. The number of hydrogen-bond donors (Lipinski definition) is 1. The lowest BCUT2D eigenvalue weighted by Crippen LogP contribution is -2.26. The summed E-state index contributed by atoms with van der Waals surface area (Å²) >= 11 is 1.43. The zero-order valence-corrected chi connectivity index (χ0v) is 18.8. The first-order chi connectivity index (χ1) is 14.5. The number of halogens is 1. The Morgan fingerprint density at radius 1 is 1.06 bits per heavy atom. The number of carbonyl (C=O) groups is 2. The van der Waals surface area contributed by atoms with Gasteiger partial charge in [-0.05, 0) is 49.4 Å². The molecule has 0 saturated carbocycles. The van der Waals surface area contributed by atoms with E-state index in [0.29, 0.717) is 27.6 Å². The summed E-state index contributed by atoms with van der Waals surface area (Å²) in [4.78, 5) is 28.6. The van der Waals surface area contributed by atoms with E-state index in [2.05, 4.69) is 10.2 Å². The summed E-state index contributed by atoms with van der Waals surface area (Å²) in [5.41, 5.74) is 1.89. The van der Waals surface area contributed by atoms with Gasteiger partial charge in [-0.1, -0.05) is 24.3 Å². The second-order valence-electron chi connectivity index (χ2n) is 7.08. The lowest BCUT2D eigenvalue weighted by atomic mass is 10.0. The molecule has 0 aliphatic carbocycles. The van der Waals surface area contributed by atoms with Gasteiger partial charge in [0.1, 0.15) is 16.5 Å². The van der Waals surface area contributed by atoms with E-state index >= 15 is 0 Å². The van der Waals surface area contributed by atoms with Gasteiger partial charge in [0.25, 0.3) is 5.91 Å². The van der Waals surface area contributed by atoms with Crippen LogP contribution in [0, 0.1) is 0 Å². The molecule has 0 unspecified atom stereocenters. The van der Waals surface area contributed by atoms with Gasteiger partial charge in [-0.3, -0.25) is 4.79 Å². The molecule has 0 atom stereocenters. The molecule has 1 N–H and O–H groups in total. The number of benzene rings is 2. The van der Waals surface area contributed by atoms with Gasteiger partial charge in [0, 0.05) is 23.5 Å². The van der Waals surface area contributed by atoms with E-state index in [-0.39, 0.29) is 18.3 Å². The van der Waals surface area contributed by atoms with Crippen molar-refractivity contribution >= 4 is 40.6 Å². The number of likely N-dealkylation sites (N-methyl/N-ethyl adjacent to an activating group) is 1. The molecule has 1 aromatic heterocycles. The third-order valence-electron chi connectivity index (χ3n) is 4.94. The van der Waals surface area contributed by atoms with Crippen LogP contribution in [0.25, 0.3) is 0 Å². The van der Waals surface area contributed by atoms with Crippen molar-refractivity contribution in [2.75, 3.05) is 26.0 Å². The molecular formula is C23H23ClN2O4S. The minimum atomic E-state index is -0.423. The van der Waals surface area contributed by atoms with E-state index in [1.54, 1.807) is 24.3 Å². The van der Waals surface area contributed by atoms with E-state index in [1.807, 2.05) is 37.4 Å². The fraction of sp³-hybridized carbons (Fsp3) is 0.217. The highest BCUT2D eigenvalue weighted by Gasteiger charge is 2.28. The minimum Gasteiger partial charge on any atom is -0.465 e. The van der Waals surface area contributed by atoms with Gasteiger partial charge in [0.2, 0.25) is 0 Å². The van der Waals surface area contributed by atoms with Gasteiger partial charge < -0.3 is 19.7 Å². The molecule has 8 heteroatoms. The van der Waals surface area contributed by atoms with Crippen LogP contribution in [0.1, 0.15) is 31.2 Å². The number of esters is 1. The lowest BCUT2D eigenvalue weighted by Gasteiger charge is -2.22. The van der Waals surface area contributed by atoms with Gasteiger partial charge in [-0.2, -0.15) is 0 Å². The molecule has 4 rings (SSSR count). The molecule has 0 bridgehead atoms. The molecule has 0 spiro atoms. The number of rotatable bonds is 5. The smallest absolute Gasteiger partial charge is 0.341 e. The number of nitrogens with one attached hydrogen (secondary N) is 1. The fourth-order valence-corrected chi connectivity index (χ4v) is 4.75. The topological polar surface area (TPSA) is 67.9 Å². The van der Waals surface area contributed by atoms with Crippen molar-refractivity contribution in [1.29, 1.82) is 0 Å². The molecule has 1 aliphatic rings. The first-order valence-corrected chi connectivity index (χ1v) is 10.4. The summed E-state index contributed by atoms with van der Waals surface area (Å²) in [6.45, 7) is 1.61. The Morgan fingerprint density at radius 3 is 2.55 bits per heavy atom. The van der Waals surface area contributed by atoms with E-state index < -0.39 is 5.97 Å². The Hall–Kier alpha value is -2.87. The third-order valence-corrected chi connectivity index (χ3v) is 6.07. The molecule has 0 radical (unpaired) electrons. The van der Waals surface area contributed by atoms with E-state index in [0.717, 1.165) is 30.0 Å². The zero-order chi connectivity index (χ0) is 21.1. The van der Waals surface area contributed by atoms with Crippen LogP contribution >= 0.6 is 23.7 Å². The molecular weight excluding hydrogens is 436 g/mol. The van der Waals surface area contributed by atoms with Gasteiger partial charge in [-0.15, -0.1) is 23.7 Å². The van der Waals surface area contributed by atoms with Gasteiger partial charge in [0.05, 0.1) is 12.7 Å². The minimum absolute atomic E-state index is 0. The number of para-hydroxylation sites is 1. The Morgan fingerprint density at radius 2 is 1.81 bits per heavy atom. The maximum Gasteiger partial charge on any atom is 0.341 e. The van der Waals surface area contributed by atoms with Crippen LogP contribution in [0.2, 0.25) is 0 Å². The number of ether oxygens (including phenoxy) is 2. The highest BCUT2D eigenvalue weighted by atomic mass is 35.5. The van der Waals surface area contributed by atoms with E-state index in [4.69, 9.17) is 9.47 Å². The van der Waals surface area contributed by atoms with Crippen molar-refractivity contribution < 1.29 is 19.1 Å². The highest BCUT2D eigenvalue weighted by Crippen LogP contribution is 2.37. The number of methoxy groups -OCH3 is 1. The standard InChI is InChI=1S/C23H22N2O4S.ClH/c1-25-12-11-18-19(14-25)30-22(20(18)23(27)28-2)24-21(26)15-7-6-10-17(13-15)29-16-8-4-3-5-9-16;/h3-10,13H,11-12,14H2,1-2H3,(H,24,26);1H. The monoisotopic (exact) mass is 458 g/mol. The number of fused-ring (bicyclic) bond motifs is 1. The Balaban J connectivity index is 0.00000272. The summed E-state index contributed by atoms with van der Waals surface area (Å²) in [5, 5.41) is 3.44. The molecule has 0 fully saturated rings. The van der Waals surface area contributed by atoms with Crippen LogP contribution in [-0.4, -0.2) is 37.5 Å². The Kier molecular flexibility index (Phi) is 7.33. The SMILES string of the molecule is COC(=O)c1c(NC(=O)c2cccc(Oc3ccccc3)c2)sc2c1CCN(C)C2.Cl. The molecule has 31 heavy (non-hydrogen) atoms. The van der Waals surface area contributed by atoms with Crippen LogP contribution < -0.4 is 10.1 Å². The Labute approximate surface area is 191 Å². The number of thiophene rings is 1. The normalized spacial score (nSPS) is 13.0. The van der Waals surface area contributed by atoms with Crippen molar-refractivity contribution in [1.82, 2.24) is 4.90 Å². The van der Waals surface area contributed by atoms with Crippen LogP contribution in [0.5, 0.6) is 11.5 Å².